The second-order valence-corrected chi connectivity index (χ2v) is 4.99. The molecule has 1 saturated heterocycles. The standard InChI is InChI=1S/C13H14FNO5/c14-10-4-9(5-11(6-10)15(18)19)7-13(12(16)17)2-1-3-20-8-13/h4-6H,1-3,7-8H2,(H,16,17). The van der Waals surface area contributed by atoms with Crippen molar-refractivity contribution in [2.24, 2.45) is 5.41 Å². The van der Waals surface area contributed by atoms with Crippen molar-refractivity contribution in [3.8, 4) is 0 Å². The van der Waals surface area contributed by atoms with E-state index in [2.05, 4.69) is 0 Å². The molecule has 1 aromatic carbocycles. The Balaban J connectivity index is 2.31. The maximum absolute atomic E-state index is 13.4. The van der Waals surface area contributed by atoms with Crippen LogP contribution in [0.2, 0.25) is 0 Å². The van der Waals surface area contributed by atoms with Gasteiger partial charge in [0.15, 0.2) is 0 Å². The number of nitro benzene ring substituents is 1. The van der Waals surface area contributed by atoms with E-state index in [1.54, 1.807) is 0 Å². The third kappa shape index (κ3) is 2.93. The summed E-state index contributed by atoms with van der Waals surface area (Å²) in [6.45, 7) is 0.533. The first kappa shape index (κ1) is 14.4. The predicted octanol–water partition coefficient (Wildman–Crippen LogP) is 2.16. The van der Waals surface area contributed by atoms with Crippen LogP contribution in [0.5, 0.6) is 0 Å². The molecule has 1 aromatic rings. The molecule has 108 valence electrons. The van der Waals surface area contributed by atoms with E-state index in [9.17, 15) is 24.4 Å². The number of rotatable bonds is 4. The number of non-ortho nitro benzene ring substituents is 1. The van der Waals surface area contributed by atoms with Gasteiger partial charge in [0.05, 0.1) is 23.0 Å². The topological polar surface area (TPSA) is 89.7 Å². The van der Waals surface area contributed by atoms with Crippen LogP contribution in [0, 0.1) is 21.3 Å². The molecular formula is C13H14FNO5. The van der Waals surface area contributed by atoms with E-state index in [-0.39, 0.29) is 18.7 Å². The number of ether oxygens (including phenoxy) is 1. The van der Waals surface area contributed by atoms with E-state index < -0.39 is 22.1 Å². The molecular weight excluding hydrogens is 269 g/mol. The lowest BCUT2D eigenvalue weighted by atomic mass is 9.77. The third-order valence-corrected chi connectivity index (χ3v) is 3.47. The Bertz CT molecular complexity index is 540. The van der Waals surface area contributed by atoms with Crippen LogP contribution in [0.25, 0.3) is 0 Å². The summed E-state index contributed by atoms with van der Waals surface area (Å²) in [4.78, 5) is 21.5. The minimum Gasteiger partial charge on any atom is -0.481 e. The molecule has 1 fully saturated rings. The fourth-order valence-corrected chi connectivity index (χ4v) is 2.47. The first-order valence-electron chi connectivity index (χ1n) is 6.18. The number of carboxylic acids is 1. The maximum Gasteiger partial charge on any atom is 0.312 e. The molecule has 0 radical (unpaired) electrons. The van der Waals surface area contributed by atoms with Crippen LogP contribution in [0.1, 0.15) is 18.4 Å². The summed E-state index contributed by atoms with van der Waals surface area (Å²) in [6, 6.07) is 3.16. The number of hydrogen-bond donors (Lipinski definition) is 1. The second kappa shape index (κ2) is 5.54. The molecule has 1 N–H and O–H groups in total. The molecule has 0 spiro atoms. The number of nitrogens with zero attached hydrogens (tertiary/aromatic N) is 1. The number of hydrogen-bond acceptors (Lipinski definition) is 4. The highest BCUT2D eigenvalue weighted by Gasteiger charge is 2.41. The van der Waals surface area contributed by atoms with Gasteiger partial charge in [-0.15, -0.1) is 0 Å². The number of halogens is 1. The average molecular weight is 283 g/mol. The predicted molar refractivity (Wildman–Crippen MR) is 66.9 cm³/mol. The van der Waals surface area contributed by atoms with E-state index in [4.69, 9.17) is 4.74 Å². The van der Waals surface area contributed by atoms with Gasteiger partial charge in [0.25, 0.3) is 5.69 Å². The Morgan fingerprint density at radius 1 is 1.50 bits per heavy atom. The molecule has 1 aliphatic rings. The van der Waals surface area contributed by atoms with Crippen molar-refractivity contribution in [1.29, 1.82) is 0 Å². The van der Waals surface area contributed by atoms with Gasteiger partial charge in [-0.25, -0.2) is 4.39 Å². The van der Waals surface area contributed by atoms with Gasteiger partial charge >= 0.3 is 5.97 Å². The van der Waals surface area contributed by atoms with Gasteiger partial charge < -0.3 is 9.84 Å². The van der Waals surface area contributed by atoms with E-state index in [0.29, 0.717) is 25.0 Å². The minimum atomic E-state index is -1.14. The molecule has 7 heteroatoms. The quantitative estimate of drug-likeness (QED) is 0.675. The molecule has 20 heavy (non-hydrogen) atoms. The fourth-order valence-electron chi connectivity index (χ4n) is 2.47. The molecule has 2 rings (SSSR count). The summed E-state index contributed by atoms with van der Waals surface area (Å²) in [5.74, 6) is -1.77. The second-order valence-electron chi connectivity index (χ2n) is 4.99. The summed E-state index contributed by atoms with van der Waals surface area (Å²) < 4.78 is 18.6. The highest BCUT2D eigenvalue weighted by molar-refractivity contribution is 5.75. The van der Waals surface area contributed by atoms with Gasteiger partial charge in [0.2, 0.25) is 0 Å². The third-order valence-electron chi connectivity index (χ3n) is 3.47. The normalized spacial score (nSPS) is 22.4. The molecule has 1 atom stereocenters. The maximum atomic E-state index is 13.4. The van der Waals surface area contributed by atoms with Crippen LogP contribution in [0.4, 0.5) is 10.1 Å². The number of carbonyl (C=O) groups is 1. The van der Waals surface area contributed by atoms with Gasteiger partial charge in [0, 0.05) is 12.7 Å². The van der Waals surface area contributed by atoms with Crippen LogP contribution in [0.15, 0.2) is 18.2 Å². The molecule has 6 nitrogen and oxygen atoms in total. The number of nitro groups is 1. The monoisotopic (exact) mass is 283 g/mol. The highest BCUT2D eigenvalue weighted by Crippen LogP contribution is 2.34. The Hall–Kier alpha value is -2.02. The van der Waals surface area contributed by atoms with Crippen molar-refractivity contribution in [3.05, 3.63) is 39.7 Å². The fraction of sp³-hybridized carbons (Fsp3) is 0.462. The van der Waals surface area contributed by atoms with Crippen LogP contribution >= 0.6 is 0 Å². The van der Waals surface area contributed by atoms with E-state index in [1.165, 1.54) is 6.07 Å². The summed E-state index contributed by atoms with van der Waals surface area (Å²) >= 11 is 0. The van der Waals surface area contributed by atoms with Crippen molar-refractivity contribution < 1.29 is 24.0 Å². The molecule has 0 aromatic heterocycles. The Kier molecular flexibility index (Phi) is 3.99. The molecule has 1 unspecified atom stereocenters. The number of carboxylic acid groups (broad SMARTS) is 1. The Morgan fingerprint density at radius 3 is 2.80 bits per heavy atom. The van der Waals surface area contributed by atoms with Crippen molar-refractivity contribution in [1.82, 2.24) is 0 Å². The molecule has 0 amide bonds. The zero-order valence-corrected chi connectivity index (χ0v) is 10.7. The summed E-state index contributed by atoms with van der Waals surface area (Å²) in [7, 11) is 0. The SMILES string of the molecule is O=C(O)C1(Cc2cc(F)cc([N+](=O)[O-])c2)CCCOC1. The van der Waals surface area contributed by atoms with Crippen LogP contribution < -0.4 is 0 Å². The average Bonchev–Trinajstić information content (AvgIpc) is 2.38. The molecule has 0 aliphatic carbocycles. The smallest absolute Gasteiger partial charge is 0.312 e. The molecule has 1 aliphatic heterocycles. The number of benzene rings is 1. The highest BCUT2D eigenvalue weighted by atomic mass is 19.1. The lowest BCUT2D eigenvalue weighted by molar-refractivity contribution is -0.385. The van der Waals surface area contributed by atoms with Gasteiger partial charge in [-0.1, -0.05) is 0 Å². The van der Waals surface area contributed by atoms with Crippen molar-refractivity contribution in [2.75, 3.05) is 13.2 Å². The van der Waals surface area contributed by atoms with E-state index in [1.807, 2.05) is 0 Å². The van der Waals surface area contributed by atoms with Gasteiger partial charge in [-0.3, -0.25) is 14.9 Å². The first-order chi connectivity index (χ1) is 9.43. The zero-order chi connectivity index (χ0) is 14.8. The van der Waals surface area contributed by atoms with Crippen LogP contribution in [-0.2, 0) is 16.0 Å². The zero-order valence-electron chi connectivity index (χ0n) is 10.7. The first-order valence-corrected chi connectivity index (χ1v) is 6.18. The van der Waals surface area contributed by atoms with Gasteiger partial charge in [-0.05, 0) is 30.9 Å². The summed E-state index contributed by atoms with van der Waals surface area (Å²) in [5, 5.41) is 20.1. The molecule has 1 heterocycles. The van der Waals surface area contributed by atoms with Crippen molar-refractivity contribution in [3.63, 3.8) is 0 Å². The van der Waals surface area contributed by atoms with Gasteiger partial charge in [-0.2, -0.15) is 0 Å². The van der Waals surface area contributed by atoms with E-state index in [0.717, 1.165) is 12.1 Å². The summed E-state index contributed by atoms with van der Waals surface area (Å²) in [6.07, 6.45) is 1.03. The minimum absolute atomic E-state index is 0.0148. The number of aliphatic carboxylic acids is 1. The lowest BCUT2D eigenvalue weighted by Crippen LogP contribution is -2.41. The van der Waals surface area contributed by atoms with Gasteiger partial charge in [0.1, 0.15) is 5.82 Å². The summed E-state index contributed by atoms with van der Waals surface area (Å²) in [5.41, 5.74) is -1.22. The molecule has 0 saturated carbocycles. The van der Waals surface area contributed by atoms with Crippen LogP contribution in [0.3, 0.4) is 0 Å². The van der Waals surface area contributed by atoms with Crippen LogP contribution in [-0.4, -0.2) is 29.2 Å². The largest absolute Gasteiger partial charge is 0.481 e. The Labute approximate surface area is 114 Å². The van der Waals surface area contributed by atoms with Crippen molar-refractivity contribution >= 4 is 11.7 Å². The van der Waals surface area contributed by atoms with E-state index >= 15 is 0 Å². The lowest BCUT2D eigenvalue weighted by Gasteiger charge is -2.33. The Morgan fingerprint density at radius 2 is 2.25 bits per heavy atom. The van der Waals surface area contributed by atoms with Crippen molar-refractivity contribution in [2.45, 2.75) is 19.3 Å². The molecule has 0 bridgehead atoms.